The highest BCUT2D eigenvalue weighted by molar-refractivity contribution is 7.92. The molecule has 6 nitrogen and oxygen atoms in total. The van der Waals surface area contributed by atoms with Crippen LogP contribution in [0.15, 0.2) is 24.3 Å². The van der Waals surface area contributed by atoms with Gasteiger partial charge in [0, 0.05) is 25.6 Å². The first-order valence-corrected chi connectivity index (χ1v) is 16.7. The molecule has 0 amide bonds. The first kappa shape index (κ1) is 28.0. The molecule has 3 unspecified atom stereocenters. The third kappa shape index (κ3) is 7.16. The zero-order chi connectivity index (χ0) is 26.7. The molecule has 0 bridgehead atoms. The predicted octanol–water partition coefficient (Wildman–Crippen LogP) is 4.94. The maximum Gasteiger partial charge on any atom is 0.320 e. The van der Waals surface area contributed by atoms with Gasteiger partial charge in [0.15, 0.2) is 9.84 Å². The molecule has 2 saturated carbocycles. The third-order valence-electron chi connectivity index (χ3n) is 9.80. The number of rotatable bonds is 11. The van der Waals surface area contributed by atoms with Gasteiger partial charge in [-0.1, -0.05) is 44.2 Å². The lowest BCUT2D eigenvalue weighted by Crippen LogP contribution is -2.42. The van der Waals surface area contributed by atoms with Crippen molar-refractivity contribution in [1.82, 2.24) is 9.80 Å². The monoisotopic (exact) mass is 548 g/mol. The van der Waals surface area contributed by atoms with Crippen LogP contribution in [-0.4, -0.2) is 79.1 Å². The molecule has 4 fully saturated rings. The number of nitrogens with zero attached hydrogens (tertiary/aromatic N) is 2. The predicted molar refractivity (Wildman–Crippen MR) is 147 cm³/mol. The van der Waals surface area contributed by atoms with E-state index < -0.39 is 21.8 Å². The second kappa shape index (κ2) is 12.3. The molecule has 2 heterocycles. The first-order valence-electron chi connectivity index (χ1n) is 14.9. The standard InChI is InChI=1S/C30H45FN2O4S/c31-26-6-4-5-24(18-26)28-21-33(29(30(34)35)17-23-9-10-23)20-25(28)19-32-14-11-22(12-15-32)13-16-38(36,37)27-7-2-1-3-8-27/h4-6,18,22-23,25,27-29H,1-3,7-17,19-21H2,(H,34,35). The highest BCUT2D eigenvalue weighted by atomic mass is 32.2. The minimum atomic E-state index is -2.98. The summed E-state index contributed by atoms with van der Waals surface area (Å²) in [6.07, 6.45) is 10.7. The second-order valence-corrected chi connectivity index (χ2v) is 15.0. The summed E-state index contributed by atoms with van der Waals surface area (Å²) in [7, 11) is -2.98. The molecule has 5 rings (SSSR count). The van der Waals surface area contributed by atoms with E-state index in [9.17, 15) is 22.7 Å². The van der Waals surface area contributed by atoms with Gasteiger partial charge in [-0.3, -0.25) is 9.69 Å². The first-order chi connectivity index (χ1) is 18.3. The molecule has 0 spiro atoms. The Hall–Kier alpha value is -1.51. The van der Waals surface area contributed by atoms with Crippen LogP contribution in [0.2, 0.25) is 0 Å². The average Bonchev–Trinajstić information content (AvgIpc) is 3.65. The Balaban J connectivity index is 1.17. The minimum absolute atomic E-state index is 0.115. The van der Waals surface area contributed by atoms with Crippen molar-refractivity contribution >= 4 is 15.8 Å². The Morgan fingerprint density at radius 2 is 1.74 bits per heavy atom. The lowest BCUT2D eigenvalue weighted by molar-refractivity contribution is -0.143. The quantitative estimate of drug-likeness (QED) is 0.422. The molecule has 212 valence electrons. The molecule has 3 atom stereocenters. The van der Waals surface area contributed by atoms with Crippen LogP contribution in [0.1, 0.15) is 82.1 Å². The van der Waals surface area contributed by atoms with Crippen LogP contribution in [0.5, 0.6) is 0 Å². The summed E-state index contributed by atoms with van der Waals surface area (Å²) in [6, 6.07) is 6.38. The van der Waals surface area contributed by atoms with Crippen molar-refractivity contribution in [2.75, 3.05) is 38.5 Å². The van der Waals surface area contributed by atoms with E-state index in [1.165, 1.54) is 12.5 Å². The van der Waals surface area contributed by atoms with Gasteiger partial charge in [-0.25, -0.2) is 12.8 Å². The number of halogens is 1. The lowest BCUT2D eigenvalue weighted by atomic mass is 9.87. The maximum atomic E-state index is 14.1. The van der Waals surface area contributed by atoms with E-state index in [1.54, 1.807) is 12.1 Å². The third-order valence-corrected chi connectivity index (χ3v) is 12.1. The number of hydrogen-bond donors (Lipinski definition) is 1. The molecular weight excluding hydrogens is 503 g/mol. The van der Waals surface area contributed by atoms with Gasteiger partial charge in [-0.05, 0) is 87.1 Å². The zero-order valence-electron chi connectivity index (χ0n) is 22.6. The number of piperidine rings is 1. The number of likely N-dealkylation sites (tertiary alicyclic amines) is 2. The van der Waals surface area contributed by atoms with Gasteiger partial charge in [-0.15, -0.1) is 0 Å². The van der Waals surface area contributed by atoms with E-state index >= 15 is 0 Å². The smallest absolute Gasteiger partial charge is 0.320 e. The molecule has 2 saturated heterocycles. The van der Waals surface area contributed by atoms with Crippen molar-refractivity contribution in [1.29, 1.82) is 0 Å². The lowest BCUT2D eigenvalue weighted by Gasteiger charge is -2.35. The van der Waals surface area contributed by atoms with Crippen molar-refractivity contribution in [3.05, 3.63) is 35.6 Å². The molecule has 1 aromatic rings. The van der Waals surface area contributed by atoms with Crippen molar-refractivity contribution < 1.29 is 22.7 Å². The Morgan fingerprint density at radius 1 is 1.00 bits per heavy atom. The molecule has 8 heteroatoms. The summed E-state index contributed by atoms with van der Waals surface area (Å²) in [5.74, 6) is 0.712. The van der Waals surface area contributed by atoms with Gasteiger partial charge in [-0.2, -0.15) is 0 Å². The summed E-state index contributed by atoms with van der Waals surface area (Å²) >= 11 is 0. The number of carboxylic acid groups (broad SMARTS) is 1. The summed E-state index contributed by atoms with van der Waals surface area (Å²) in [4.78, 5) is 16.8. The zero-order valence-corrected chi connectivity index (χ0v) is 23.5. The van der Waals surface area contributed by atoms with E-state index in [2.05, 4.69) is 9.80 Å². The van der Waals surface area contributed by atoms with Crippen LogP contribution in [0, 0.1) is 23.6 Å². The molecule has 1 aromatic carbocycles. The highest BCUT2D eigenvalue weighted by Crippen LogP contribution is 2.40. The van der Waals surface area contributed by atoms with E-state index in [-0.39, 0.29) is 22.9 Å². The number of carboxylic acids is 1. The largest absolute Gasteiger partial charge is 0.480 e. The van der Waals surface area contributed by atoms with Crippen LogP contribution in [0.4, 0.5) is 4.39 Å². The van der Waals surface area contributed by atoms with Gasteiger partial charge in [0.2, 0.25) is 0 Å². The molecule has 4 aliphatic rings. The summed E-state index contributed by atoms with van der Waals surface area (Å²) in [6.45, 7) is 4.16. The van der Waals surface area contributed by atoms with Crippen molar-refractivity contribution in [2.24, 2.45) is 17.8 Å². The SMILES string of the molecule is O=C(O)C(CC1CC1)N1CC(CN2CCC(CCS(=O)(=O)C3CCCCC3)CC2)C(c2cccc(F)c2)C1. The number of aliphatic carboxylic acids is 1. The van der Waals surface area contributed by atoms with Crippen LogP contribution < -0.4 is 0 Å². The van der Waals surface area contributed by atoms with E-state index in [0.717, 1.165) is 89.5 Å². The van der Waals surface area contributed by atoms with E-state index in [4.69, 9.17) is 0 Å². The Bertz CT molecular complexity index is 1050. The molecule has 0 aromatic heterocycles. The fraction of sp³-hybridized carbons (Fsp3) is 0.767. The number of sulfone groups is 1. The van der Waals surface area contributed by atoms with Crippen molar-refractivity contribution in [2.45, 2.75) is 87.8 Å². The Labute approximate surface area is 227 Å². The van der Waals surface area contributed by atoms with Gasteiger partial charge in [0.1, 0.15) is 11.9 Å². The summed E-state index contributed by atoms with van der Waals surface area (Å²) in [5.41, 5.74) is 0.968. The highest BCUT2D eigenvalue weighted by Gasteiger charge is 2.42. The fourth-order valence-electron chi connectivity index (χ4n) is 7.25. The normalized spacial score (nSPS) is 27.5. The molecule has 38 heavy (non-hydrogen) atoms. The van der Waals surface area contributed by atoms with Crippen LogP contribution in [0.3, 0.4) is 0 Å². The van der Waals surface area contributed by atoms with Gasteiger partial charge in [0.05, 0.1) is 11.0 Å². The van der Waals surface area contributed by atoms with Gasteiger partial charge >= 0.3 is 5.97 Å². The van der Waals surface area contributed by atoms with Crippen molar-refractivity contribution in [3.8, 4) is 0 Å². The van der Waals surface area contributed by atoms with E-state index in [0.29, 0.717) is 30.6 Å². The minimum Gasteiger partial charge on any atom is -0.480 e. The summed E-state index contributed by atoms with van der Waals surface area (Å²) in [5, 5.41) is 9.87. The molecule has 2 aliphatic heterocycles. The van der Waals surface area contributed by atoms with Crippen LogP contribution in [-0.2, 0) is 14.6 Å². The Morgan fingerprint density at radius 3 is 2.39 bits per heavy atom. The second-order valence-electron chi connectivity index (χ2n) is 12.6. The van der Waals surface area contributed by atoms with Crippen molar-refractivity contribution in [3.63, 3.8) is 0 Å². The molecule has 2 aliphatic carbocycles. The fourth-order valence-corrected chi connectivity index (χ4v) is 9.29. The molecule has 1 N–H and O–H groups in total. The Kier molecular flexibility index (Phi) is 9.10. The van der Waals surface area contributed by atoms with E-state index in [1.807, 2.05) is 6.07 Å². The van der Waals surface area contributed by atoms with Crippen LogP contribution in [0.25, 0.3) is 0 Å². The topological polar surface area (TPSA) is 77.9 Å². The van der Waals surface area contributed by atoms with Gasteiger partial charge < -0.3 is 10.0 Å². The maximum absolute atomic E-state index is 14.1. The number of hydrogen-bond acceptors (Lipinski definition) is 5. The number of carbonyl (C=O) groups is 1. The summed E-state index contributed by atoms with van der Waals surface area (Å²) < 4.78 is 39.8. The van der Waals surface area contributed by atoms with Gasteiger partial charge in [0.25, 0.3) is 0 Å². The average molecular weight is 549 g/mol. The number of benzene rings is 1. The molecular formula is C30H45FN2O4S. The van der Waals surface area contributed by atoms with Crippen LogP contribution >= 0.6 is 0 Å². The molecule has 0 radical (unpaired) electrons.